The number of ether oxygens (including phenoxy) is 1. The molecule has 2 aromatic rings. The van der Waals surface area contributed by atoms with Crippen molar-refractivity contribution in [1.29, 1.82) is 0 Å². The maximum absolute atomic E-state index is 5.70. The molecule has 0 unspecified atom stereocenters. The molecular formula is C12H14N2O2. The lowest BCUT2D eigenvalue weighted by Crippen LogP contribution is -1.94. The van der Waals surface area contributed by atoms with Gasteiger partial charge in [-0.15, -0.1) is 0 Å². The molecule has 0 radical (unpaired) electrons. The average Bonchev–Trinajstić information content (AvgIpc) is 2.68. The van der Waals surface area contributed by atoms with Gasteiger partial charge in [0.15, 0.2) is 0 Å². The zero-order chi connectivity index (χ0) is 11.7. The molecule has 0 fully saturated rings. The van der Waals surface area contributed by atoms with Gasteiger partial charge in [0.25, 0.3) is 0 Å². The Morgan fingerprint density at radius 1 is 1.25 bits per heavy atom. The summed E-state index contributed by atoms with van der Waals surface area (Å²) in [6.07, 6.45) is 1.60. The van der Waals surface area contributed by atoms with Gasteiger partial charge >= 0.3 is 0 Å². The average molecular weight is 218 g/mol. The second-order valence-electron chi connectivity index (χ2n) is 3.69. The lowest BCUT2D eigenvalue weighted by molar-refractivity contribution is 0.413. The Balaban J connectivity index is 2.66. The summed E-state index contributed by atoms with van der Waals surface area (Å²) in [6.45, 7) is 4.06. The highest BCUT2D eigenvalue weighted by Gasteiger charge is 2.15. The van der Waals surface area contributed by atoms with Crippen LogP contribution in [0.3, 0.4) is 0 Å². The molecule has 16 heavy (non-hydrogen) atoms. The molecule has 0 bridgehead atoms. The number of nitrogens with two attached hydrogens (primary N) is 1. The second kappa shape index (κ2) is 3.89. The first-order chi connectivity index (χ1) is 7.65. The molecular weight excluding hydrogens is 204 g/mol. The van der Waals surface area contributed by atoms with Gasteiger partial charge in [0.1, 0.15) is 5.75 Å². The highest BCUT2D eigenvalue weighted by molar-refractivity contribution is 5.78. The molecule has 1 aromatic carbocycles. The Morgan fingerprint density at radius 3 is 2.56 bits per heavy atom. The van der Waals surface area contributed by atoms with E-state index in [1.807, 2.05) is 26.0 Å². The standard InChI is InChI=1S/C12H14N2O2/c1-7-4-5-9(11(15-3)8(7)2)10-6-14-16-12(10)13/h4-6H,13H2,1-3H3. The smallest absolute Gasteiger partial charge is 0.230 e. The van der Waals surface area contributed by atoms with Crippen molar-refractivity contribution in [2.45, 2.75) is 13.8 Å². The van der Waals surface area contributed by atoms with Crippen molar-refractivity contribution in [2.24, 2.45) is 0 Å². The number of aryl methyl sites for hydroxylation is 1. The number of nitrogens with zero attached hydrogens (tertiary/aromatic N) is 1. The number of anilines is 1. The van der Waals surface area contributed by atoms with Crippen LogP contribution >= 0.6 is 0 Å². The van der Waals surface area contributed by atoms with Crippen molar-refractivity contribution in [3.05, 3.63) is 29.5 Å². The molecule has 0 atom stereocenters. The normalized spacial score (nSPS) is 10.4. The fourth-order valence-corrected chi connectivity index (χ4v) is 1.72. The number of benzene rings is 1. The zero-order valence-corrected chi connectivity index (χ0v) is 9.57. The fourth-order valence-electron chi connectivity index (χ4n) is 1.72. The summed E-state index contributed by atoms with van der Waals surface area (Å²) >= 11 is 0. The molecule has 2 N–H and O–H groups in total. The van der Waals surface area contributed by atoms with Gasteiger partial charge in [0.2, 0.25) is 5.88 Å². The number of nitrogen functional groups attached to an aromatic ring is 1. The largest absolute Gasteiger partial charge is 0.496 e. The van der Waals surface area contributed by atoms with E-state index in [9.17, 15) is 0 Å². The van der Waals surface area contributed by atoms with Crippen LogP contribution < -0.4 is 10.5 Å². The van der Waals surface area contributed by atoms with Crippen LogP contribution in [0.5, 0.6) is 5.75 Å². The maximum Gasteiger partial charge on any atom is 0.230 e. The number of methoxy groups -OCH3 is 1. The summed E-state index contributed by atoms with van der Waals surface area (Å²) in [5.74, 6) is 1.12. The monoisotopic (exact) mass is 218 g/mol. The third-order valence-corrected chi connectivity index (χ3v) is 2.77. The minimum atomic E-state index is 0.307. The van der Waals surface area contributed by atoms with Gasteiger partial charge in [0.05, 0.1) is 18.9 Å². The lowest BCUT2D eigenvalue weighted by Gasteiger charge is -2.12. The van der Waals surface area contributed by atoms with E-state index >= 15 is 0 Å². The Hall–Kier alpha value is -1.97. The summed E-state index contributed by atoms with van der Waals surface area (Å²) in [4.78, 5) is 0. The first-order valence-electron chi connectivity index (χ1n) is 5.00. The third-order valence-electron chi connectivity index (χ3n) is 2.77. The summed E-state index contributed by atoms with van der Waals surface area (Å²) in [5.41, 5.74) is 9.64. The summed E-state index contributed by atoms with van der Waals surface area (Å²) in [6, 6.07) is 3.99. The van der Waals surface area contributed by atoms with Gasteiger partial charge in [-0.25, -0.2) is 0 Å². The van der Waals surface area contributed by atoms with Crippen LogP contribution in [-0.4, -0.2) is 12.3 Å². The molecule has 84 valence electrons. The zero-order valence-electron chi connectivity index (χ0n) is 9.57. The van der Waals surface area contributed by atoms with E-state index in [2.05, 4.69) is 5.16 Å². The van der Waals surface area contributed by atoms with Gasteiger partial charge in [0, 0.05) is 5.56 Å². The van der Waals surface area contributed by atoms with Crippen LogP contribution in [0.1, 0.15) is 11.1 Å². The molecule has 0 amide bonds. The van der Waals surface area contributed by atoms with Crippen molar-refractivity contribution < 1.29 is 9.26 Å². The highest BCUT2D eigenvalue weighted by Crippen LogP contribution is 2.36. The second-order valence-corrected chi connectivity index (χ2v) is 3.69. The maximum atomic E-state index is 5.70. The van der Waals surface area contributed by atoms with E-state index < -0.39 is 0 Å². The van der Waals surface area contributed by atoms with Gasteiger partial charge in [-0.1, -0.05) is 17.3 Å². The summed E-state index contributed by atoms with van der Waals surface area (Å²) in [7, 11) is 1.65. The molecule has 0 aliphatic heterocycles. The Labute approximate surface area is 94.0 Å². The number of aromatic nitrogens is 1. The lowest BCUT2D eigenvalue weighted by atomic mass is 10.0. The minimum Gasteiger partial charge on any atom is -0.496 e. The van der Waals surface area contributed by atoms with Crippen molar-refractivity contribution in [3.63, 3.8) is 0 Å². The van der Waals surface area contributed by atoms with Crippen LogP contribution in [0.25, 0.3) is 11.1 Å². The van der Waals surface area contributed by atoms with Crippen molar-refractivity contribution >= 4 is 5.88 Å². The molecule has 1 heterocycles. The molecule has 4 nitrogen and oxygen atoms in total. The van der Waals surface area contributed by atoms with Crippen LogP contribution in [0.15, 0.2) is 22.9 Å². The molecule has 0 saturated heterocycles. The Kier molecular flexibility index (Phi) is 2.56. The van der Waals surface area contributed by atoms with Crippen molar-refractivity contribution in [2.75, 3.05) is 12.8 Å². The van der Waals surface area contributed by atoms with E-state index in [0.29, 0.717) is 5.88 Å². The quantitative estimate of drug-likeness (QED) is 0.841. The molecule has 4 heteroatoms. The predicted molar refractivity (Wildman–Crippen MR) is 62.4 cm³/mol. The third kappa shape index (κ3) is 1.52. The number of rotatable bonds is 2. The molecule has 2 rings (SSSR count). The van der Waals surface area contributed by atoms with Gasteiger partial charge in [-0.2, -0.15) is 0 Å². The Bertz CT molecular complexity index is 518. The van der Waals surface area contributed by atoms with Gasteiger partial charge in [-0.05, 0) is 25.0 Å². The van der Waals surface area contributed by atoms with E-state index in [-0.39, 0.29) is 0 Å². The van der Waals surface area contributed by atoms with E-state index in [1.54, 1.807) is 13.3 Å². The number of hydrogen-bond acceptors (Lipinski definition) is 4. The van der Waals surface area contributed by atoms with Crippen LogP contribution in [0.4, 0.5) is 5.88 Å². The van der Waals surface area contributed by atoms with Crippen LogP contribution in [0.2, 0.25) is 0 Å². The van der Waals surface area contributed by atoms with Gasteiger partial charge < -0.3 is 15.0 Å². The van der Waals surface area contributed by atoms with Crippen molar-refractivity contribution in [3.8, 4) is 16.9 Å². The fraction of sp³-hybridized carbons (Fsp3) is 0.250. The van der Waals surface area contributed by atoms with E-state index in [0.717, 1.165) is 22.4 Å². The summed E-state index contributed by atoms with van der Waals surface area (Å²) in [5, 5.41) is 3.67. The van der Waals surface area contributed by atoms with Gasteiger partial charge in [-0.3, -0.25) is 0 Å². The topological polar surface area (TPSA) is 61.3 Å². The Morgan fingerprint density at radius 2 is 2.00 bits per heavy atom. The SMILES string of the molecule is COc1c(-c2cnoc2N)ccc(C)c1C. The molecule has 1 aromatic heterocycles. The molecule has 0 spiro atoms. The number of hydrogen-bond donors (Lipinski definition) is 1. The van der Waals surface area contributed by atoms with Crippen LogP contribution in [-0.2, 0) is 0 Å². The molecule has 0 aliphatic rings. The predicted octanol–water partition coefficient (Wildman–Crippen LogP) is 2.55. The highest BCUT2D eigenvalue weighted by atomic mass is 16.5. The van der Waals surface area contributed by atoms with E-state index in [4.69, 9.17) is 15.0 Å². The first kappa shape index (κ1) is 10.5. The molecule has 0 aliphatic carbocycles. The van der Waals surface area contributed by atoms with Crippen LogP contribution in [0, 0.1) is 13.8 Å². The first-order valence-corrected chi connectivity index (χ1v) is 5.00. The summed E-state index contributed by atoms with van der Waals surface area (Å²) < 4.78 is 10.3. The van der Waals surface area contributed by atoms with Crippen molar-refractivity contribution in [1.82, 2.24) is 5.16 Å². The molecule has 0 saturated carbocycles. The van der Waals surface area contributed by atoms with E-state index in [1.165, 1.54) is 5.56 Å². The minimum absolute atomic E-state index is 0.307.